The zero-order valence-corrected chi connectivity index (χ0v) is 11.9. The van der Waals surface area contributed by atoms with Gasteiger partial charge in [0.15, 0.2) is 0 Å². The molecule has 3 nitrogen and oxygen atoms in total. The summed E-state index contributed by atoms with van der Waals surface area (Å²) in [7, 11) is 0. The predicted molar refractivity (Wildman–Crippen MR) is 71.1 cm³/mol. The lowest BCUT2D eigenvalue weighted by molar-refractivity contribution is 0.0121. The molecule has 0 aromatic carbocycles. The van der Waals surface area contributed by atoms with Crippen molar-refractivity contribution < 1.29 is 15.3 Å². The molecule has 0 aliphatic heterocycles. The van der Waals surface area contributed by atoms with Crippen LogP contribution in [0.1, 0.15) is 53.4 Å². The van der Waals surface area contributed by atoms with Crippen LogP contribution in [0.15, 0.2) is 11.6 Å². The smallest absolute Gasteiger partial charge is 0.0911 e. The highest BCUT2D eigenvalue weighted by Crippen LogP contribution is 2.51. The van der Waals surface area contributed by atoms with E-state index in [4.69, 9.17) is 0 Å². The van der Waals surface area contributed by atoms with Gasteiger partial charge in [0.05, 0.1) is 16.8 Å². The van der Waals surface area contributed by atoms with E-state index in [1.54, 1.807) is 13.0 Å². The minimum Gasteiger partial charge on any atom is -0.386 e. The molecule has 0 aromatic heterocycles. The third kappa shape index (κ3) is 1.93. The highest BCUT2D eigenvalue weighted by atomic mass is 16.3. The molecule has 0 bridgehead atoms. The molecule has 0 radical (unpaired) electrons. The SMILES string of the molecule is CC(C)C1(O)C=C2C(C)(O)CCC2(O)C(C)CC1. The van der Waals surface area contributed by atoms with Crippen LogP contribution < -0.4 is 0 Å². The minimum absolute atomic E-state index is 0.0745. The molecule has 3 heteroatoms. The van der Waals surface area contributed by atoms with Crippen LogP contribution in [-0.2, 0) is 0 Å². The van der Waals surface area contributed by atoms with Crippen LogP contribution in [0.5, 0.6) is 0 Å². The molecular weight excluding hydrogens is 228 g/mol. The molecule has 2 aliphatic rings. The first-order chi connectivity index (χ1) is 8.12. The molecule has 0 amide bonds. The van der Waals surface area contributed by atoms with E-state index in [2.05, 4.69) is 0 Å². The maximum absolute atomic E-state index is 10.9. The summed E-state index contributed by atoms with van der Waals surface area (Å²) in [6.45, 7) is 7.72. The first-order valence-electron chi connectivity index (χ1n) is 7.03. The first kappa shape index (κ1) is 14.0. The molecule has 2 aliphatic carbocycles. The fourth-order valence-electron chi connectivity index (χ4n) is 3.43. The minimum atomic E-state index is -0.990. The van der Waals surface area contributed by atoms with E-state index >= 15 is 0 Å². The van der Waals surface area contributed by atoms with Gasteiger partial charge in [0.1, 0.15) is 0 Å². The van der Waals surface area contributed by atoms with Crippen LogP contribution in [-0.4, -0.2) is 32.1 Å². The van der Waals surface area contributed by atoms with Crippen LogP contribution in [0.25, 0.3) is 0 Å². The van der Waals surface area contributed by atoms with Crippen LogP contribution in [0.3, 0.4) is 0 Å². The van der Waals surface area contributed by atoms with Crippen LogP contribution in [0.4, 0.5) is 0 Å². The molecular formula is C15H26O3. The monoisotopic (exact) mass is 254 g/mol. The first-order valence-corrected chi connectivity index (χ1v) is 7.03. The van der Waals surface area contributed by atoms with Crippen molar-refractivity contribution in [1.82, 2.24) is 0 Å². The summed E-state index contributed by atoms with van der Waals surface area (Å²) < 4.78 is 0. The summed E-state index contributed by atoms with van der Waals surface area (Å²) in [5, 5.41) is 32.1. The summed E-state index contributed by atoms with van der Waals surface area (Å²) in [5.74, 6) is 0.154. The van der Waals surface area contributed by atoms with Gasteiger partial charge in [-0.25, -0.2) is 0 Å². The second kappa shape index (κ2) is 4.06. The van der Waals surface area contributed by atoms with Gasteiger partial charge < -0.3 is 15.3 Å². The predicted octanol–water partition coefficient (Wildman–Crippen LogP) is 2.01. The van der Waals surface area contributed by atoms with Gasteiger partial charge in [-0.05, 0) is 56.1 Å². The Morgan fingerprint density at radius 3 is 2.33 bits per heavy atom. The maximum atomic E-state index is 10.9. The fraction of sp³-hybridized carbons (Fsp3) is 0.867. The average Bonchev–Trinajstić information content (AvgIpc) is 2.43. The van der Waals surface area contributed by atoms with E-state index in [1.165, 1.54) is 0 Å². The van der Waals surface area contributed by atoms with Gasteiger partial charge in [-0.15, -0.1) is 0 Å². The maximum Gasteiger partial charge on any atom is 0.0911 e. The quantitative estimate of drug-likeness (QED) is 0.627. The zero-order valence-electron chi connectivity index (χ0n) is 11.9. The lowest BCUT2D eigenvalue weighted by Gasteiger charge is -2.33. The van der Waals surface area contributed by atoms with Gasteiger partial charge in [-0.1, -0.05) is 20.8 Å². The molecule has 0 aromatic rings. The number of hydrogen-bond acceptors (Lipinski definition) is 3. The summed E-state index contributed by atoms with van der Waals surface area (Å²) in [6.07, 6.45) is 4.33. The van der Waals surface area contributed by atoms with Gasteiger partial charge in [-0.2, -0.15) is 0 Å². The van der Waals surface area contributed by atoms with E-state index in [1.807, 2.05) is 20.8 Å². The Labute approximate surface area is 110 Å². The Morgan fingerprint density at radius 2 is 1.78 bits per heavy atom. The molecule has 0 saturated heterocycles. The van der Waals surface area contributed by atoms with Crippen molar-refractivity contribution in [3.05, 3.63) is 11.6 Å². The molecule has 1 saturated carbocycles. The molecule has 0 spiro atoms. The Balaban J connectivity index is 2.53. The Bertz CT molecular complexity index is 372. The van der Waals surface area contributed by atoms with Crippen molar-refractivity contribution in [2.75, 3.05) is 0 Å². The second-order valence-corrected chi connectivity index (χ2v) is 6.84. The third-order valence-electron chi connectivity index (χ3n) is 5.23. The van der Waals surface area contributed by atoms with Gasteiger partial charge >= 0.3 is 0 Å². The summed E-state index contributed by atoms with van der Waals surface area (Å²) in [5.41, 5.74) is -2.21. The molecule has 104 valence electrons. The molecule has 18 heavy (non-hydrogen) atoms. The molecule has 1 fully saturated rings. The van der Waals surface area contributed by atoms with E-state index in [9.17, 15) is 15.3 Å². The Morgan fingerprint density at radius 1 is 1.17 bits per heavy atom. The van der Waals surface area contributed by atoms with Crippen molar-refractivity contribution in [2.45, 2.75) is 70.2 Å². The standard InChI is InChI=1S/C15H26O3/c1-10(2)14(17)6-5-11(3)15(18)8-7-13(4,16)12(15)9-14/h9-11,16-18H,5-8H2,1-4H3. The fourth-order valence-corrected chi connectivity index (χ4v) is 3.43. The third-order valence-corrected chi connectivity index (χ3v) is 5.23. The normalized spacial score (nSPS) is 48.9. The molecule has 4 atom stereocenters. The second-order valence-electron chi connectivity index (χ2n) is 6.84. The zero-order chi connectivity index (χ0) is 13.8. The highest BCUT2D eigenvalue weighted by Gasteiger charge is 2.54. The lowest BCUT2D eigenvalue weighted by Crippen LogP contribution is -2.39. The van der Waals surface area contributed by atoms with Crippen LogP contribution >= 0.6 is 0 Å². The van der Waals surface area contributed by atoms with E-state index < -0.39 is 16.8 Å². The average molecular weight is 254 g/mol. The Hall–Kier alpha value is -0.380. The van der Waals surface area contributed by atoms with Gasteiger partial charge in [0.2, 0.25) is 0 Å². The highest BCUT2D eigenvalue weighted by molar-refractivity contribution is 5.36. The molecule has 0 heterocycles. The summed E-state index contributed by atoms with van der Waals surface area (Å²) in [6, 6.07) is 0. The van der Waals surface area contributed by atoms with Crippen LogP contribution in [0, 0.1) is 11.8 Å². The van der Waals surface area contributed by atoms with Gasteiger partial charge in [0.25, 0.3) is 0 Å². The number of aliphatic hydroxyl groups is 3. The van der Waals surface area contributed by atoms with E-state index in [-0.39, 0.29) is 11.8 Å². The lowest BCUT2D eigenvalue weighted by atomic mass is 9.81. The molecule has 2 rings (SSSR count). The van der Waals surface area contributed by atoms with E-state index in [0.717, 1.165) is 6.42 Å². The van der Waals surface area contributed by atoms with Crippen LogP contribution in [0.2, 0.25) is 0 Å². The van der Waals surface area contributed by atoms with Crippen molar-refractivity contribution in [3.63, 3.8) is 0 Å². The summed E-state index contributed by atoms with van der Waals surface area (Å²) in [4.78, 5) is 0. The molecule has 3 N–H and O–H groups in total. The Kier molecular flexibility index (Phi) is 3.16. The number of fused-ring (bicyclic) bond motifs is 1. The van der Waals surface area contributed by atoms with Crippen molar-refractivity contribution in [3.8, 4) is 0 Å². The van der Waals surface area contributed by atoms with Crippen molar-refractivity contribution >= 4 is 0 Å². The topological polar surface area (TPSA) is 60.7 Å². The van der Waals surface area contributed by atoms with Gasteiger partial charge in [-0.3, -0.25) is 0 Å². The largest absolute Gasteiger partial charge is 0.386 e. The van der Waals surface area contributed by atoms with Crippen molar-refractivity contribution in [2.24, 2.45) is 11.8 Å². The summed E-state index contributed by atoms with van der Waals surface area (Å²) >= 11 is 0. The number of rotatable bonds is 1. The van der Waals surface area contributed by atoms with E-state index in [0.29, 0.717) is 24.8 Å². The number of hydrogen-bond donors (Lipinski definition) is 3. The van der Waals surface area contributed by atoms with Crippen molar-refractivity contribution in [1.29, 1.82) is 0 Å². The van der Waals surface area contributed by atoms with Gasteiger partial charge in [0, 0.05) is 0 Å². The molecule has 4 unspecified atom stereocenters.